The van der Waals surface area contributed by atoms with E-state index < -0.39 is 21.6 Å². The number of hydrogen-bond donors (Lipinski definition) is 0. The number of fused-ring (bicyclic) bond motifs is 6. The van der Waals surface area contributed by atoms with Gasteiger partial charge in [0.2, 0.25) is 0 Å². The molecule has 478 valence electrons. The van der Waals surface area contributed by atoms with Crippen LogP contribution < -0.4 is 4.18 Å². The van der Waals surface area contributed by atoms with E-state index in [9.17, 15) is 36.0 Å². The van der Waals surface area contributed by atoms with Gasteiger partial charge < -0.3 is 18.4 Å². The molecular formula is C78H75F3N2O9S. The molecule has 0 aliphatic heterocycles. The van der Waals surface area contributed by atoms with Crippen LogP contribution in [0.25, 0.3) is 0 Å². The minimum absolute atomic E-state index is 0.0184. The first-order valence-electron chi connectivity index (χ1n) is 32.2. The molecule has 0 saturated heterocycles. The van der Waals surface area contributed by atoms with Gasteiger partial charge in [-0.2, -0.15) is 21.6 Å². The summed E-state index contributed by atoms with van der Waals surface area (Å²) in [6.07, 6.45) is 20.0. The van der Waals surface area contributed by atoms with Crippen LogP contribution >= 0.6 is 0 Å². The molecule has 0 radical (unpaired) electrons. The molecular weight excluding hydrogens is 1200 g/mol. The van der Waals surface area contributed by atoms with E-state index in [0.717, 1.165) is 78.4 Å². The molecule has 8 aromatic rings. The molecule has 2 heterocycles. The van der Waals surface area contributed by atoms with Gasteiger partial charge in [0.15, 0.2) is 0 Å². The summed E-state index contributed by atoms with van der Waals surface area (Å²) in [4.78, 5) is 44.3. The molecule has 93 heavy (non-hydrogen) atoms. The summed E-state index contributed by atoms with van der Waals surface area (Å²) in [6, 6.07) is 59.1. The quantitative estimate of drug-likeness (QED) is 0.0337. The lowest BCUT2D eigenvalue weighted by atomic mass is 9.64. The number of halogens is 3. The fraction of sp³-hybridized carbons (Fsp3) is 0.346. The molecule has 3 unspecified atom stereocenters. The summed E-state index contributed by atoms with van der Waals surface area (Å²) in [5.74, 6) is 8.81. The largest absolute Gasteiger partial charge is 0.534 e. The average molecular weight is 1270 g/mol. The fourth-order valence-corrected chi connectivity index (χ4v) is 17.3. The summed E-state index contributed by atoms with van der Waals surface area (Å²) in [5.41, 5.74) is 7.51. The zero-order valence-electron chi connectivity index (χ0n) is 52.4. The number of esters is 3. The van der Waals surface area contributed by atoms with Crippen molar-refractivity contribution in [3.63, 3.8) is 0 Å². The van der Waals surface area contributed by atoms with E-state index in [1.54, 1.807) is 30.5 Å². The van der Waals surface area contributed by atoms with Crippen molar-refractivity contribution in [3.05, 3.63) is 267 Å². The molecule has 6 aliphatic rings. The Labute approximate surface area is 542 Å². The lowest BCUT2D eigenvalue weighted by Gasteiger charge is -2.39. The van der Waals surface area contributed by atoms with Crippen molar-refractivity contribution in [2.75, 3.05) is 21.3 Å². The van der Waals surface area contributed by atoms with Crippen LogP contribution in [-0.4, -0.2) is 63.1 Å². The lowest BCUT2D eigenvalue weighted by Crippen LogP contribution is -2.34. The predicted molar refractivity (Wildman–Crippen MR) is 349 cm³/mol. The highest BCUT2D eigenvalue weighted by Gasteiger charge is 2.55. The Morgan fingerprint density at radius 3 is 1.17 bits per heavy atom. The number of rotatable bonds is 14. The molecule has 0 spiro atoms. The molecule has 0 N–H and O–H groups in total. The number of carbonyl (C=O) groups excluding carboxylic acids is 3. The lowest BCUT2D eigenvalue weighted by molar-refractivity contribution is -0.0500. The Bertz CT molecular complexity index is 4120. The van der Waals surface area contributed by atoms with Gasteiger partial charge >= 0.3 is 33.5 Å². The van der Waals surface area contributed by atoms with Crippen molar-refractivity contribution in [2.24, 2.45) is 35.5 Å². The number of hydrogen-bond acceptors (Lipinski definition) is 11. The maximum absolute atomic E-state index is 12.6. The van der Waals surface area contributed by atoms with E-state index >= 15 is 0 Å². The molecule has 6 aromatic carbocycles. The van der Waals surface area contributed by atoms with E-state index in [1.165, 1.54) is 113 Å². The van der Waals surface area contributed by atoms with Crippen LogP contribution in [0.5, 0.6) is 5.75 Å². The molecule has 15 heteroatoms. The van der Waals surface area contributed by atoms with Gasteiger partial charge in [-0.1, -0.05) is 122 Å². The van der Waals surface area contributed by atoms with Gasteiger partial charge in [0.25, 0.3) is 0 Å². The second-order valence-corrected chi connectivity index (χ2v) is 27.5. The summed E-state index contributed by atoms with van der Waals surface area (Å²) in [7, 11) is -1.55. The van der Waals surface area contributed by atoms with Crippen LogP contribution in [0.2, 0.25) is 0 Å². The first-order chi connectivity index (χ1) is 44.9. The summed E-state index contributed by atoms with van der Waals surface area (Å²) in [6.45, 7) is 0. The second-order valence-electron chi connectivity index (χ2n) is 25.9. The van der Waals surface area contributed by atoms with Gasteiger partial charge in [-0.15, -0.1) is 0 Å². The van der Waals surface area contributed by atoms with Crippen LogP contribution in [0.1, 0.15) is 164 Å². The highest BCUT2D eigenvalue weighted by Crippen LogP contribution is 2.62. The summed E-state index contributed by atoms with van der Waals surface area (Å²) < 4.78 is 79.1. The summed E-state index contributed by atoms with van der Waals surface area (Å²) >= 11 is 0. The number of pyridine rings is 2. The molecule has 6 aliphatic carbocycles. The minimum atomic E-state index is -5.72. The van der Waals surface area contributed by atoms with Gasteiger partial charge in [0.05, 0.1) is 38.0 Å². The van der Waals surface area contributed by atoms with Crippen LogP contribution in [0.3, 0.4) is 0 Å². The number of carbonyl (C=O) groups is 3. The maximum atomic E-state index is 12.6. The highest BCUT2D eigenvalue weighted by atomic mass is 32.2. The number of nitrogens with zero attached hydrogens (tertiary/aromatic N) is 2. The minimum Gasteiger partial charge on any atom is -0.465 e. The van der Waals surface area contributed by atoms with E-state index in [0.29, 0.717) is 40.4 Å². The standard InChI is InChI=1S/C28H29NO2.C28H25NO2.C22H21F3O5S/c2*1-31-27(30)22-9-14-24(15-10-22)28(19-21-7-13-25(28)18-21)23-11-5-20(6-12-23)8-16-26-4-2-3-17-29-26;1-29-20(26)15-3-6-16(7-4-15)21(13-14-2-5-18(21)12-14)17-8-10-19(11-9-17)30-31(27,28)22(23,24)25/h2-6,9-12,14-15,17,21,25H,7-8,13,16,18-19H2,1H3;2-6,9-12,14-15,17,21,25H,7,13,18-19H2,1H3;3-4,6-11,14,18H,2,5,12-13H2,1H3/t2*21?,25-,28-;14?,18-,21+/m111/s1. The third kappa shape index (κ3) is 13.0. The first kappa shape index (κ1) is 64.2. The molecule has 9 atom stereocenters. The Morgan fingerprint density at radius 1 is 0.462 bits per heavy atom. The van der Waals surface area contributed by atoms with E-state index in [2.05, 4.69) is 111 Å². The molecule has 14 rings (SSSR count). The average Bonchev–Trinajstić information content (AvgIpc) is 1.63. The van der Waals surface area contributed by atoms with Crippen molar-refractivity contribution < 1.29 is 54.4 Å². The molecule has 2 aromatic heterocycles. The van der Waals surface area contributed by atoms with E-state index in [4.69, 9.17) is 14.2 Å². The van der Waals surface area contributed by atoms with Crippen molar-refractivity contribution in [2.45, 2.75) is 112 Å². The van der Waals surface area contributed by atoms with Crippen LogP contribution in [0, 0.1) is 47.3 Å². The van der Waals surface area contributed by atoms with Gasteiger partial charge in [0.1, 0.15) is 11.4 Å². The topological polar surface area (TPSA) is 148 Å². The van der Waals surface area contributed by atoms with Gasteiger partial charge in [-0.3, -0.25) is 4.98 Å². The van der Waals surface area contributed by atoms with E-state index in [1.807, 2.05) is 66.9 Å². The normalized spacial score (nSPS) is 24.5. The van der Waals surface area contributed by atoms with Gasteiger partial charge in [-0.05, 0) is 236 Å². The Kier molecular flexibility index (Phi) is 18.6. The number of ether oxygens (including phenoxy) is 3. The number of methoxy groups -OCH3 is 3. The Hall–Kier alpha value is -8.87. The Balaban J connectivity index is 0.000000134. The van der Waals surface area contributed by atoms with Crippen LogP contribution in [-0.2, 0) is 53.4 Å². The summed E-state index contributed by atoms with van der Waals surface area (Å²) in [5, 5.41) is 0. The molecule has 6 bridgehead atoms. The molecule has 6 fully saturated rings. The number of alkyl halides is 3. The Morgan fingerprint density at radius 2 is 0.839 bits per heavy atom. The van der Waals surface area contributed by atoms with Crippen molar-refractivity contribution in [3.8, 4) is 17.6 Å². The number of aromatic nitrogens is 2. The fourth-order valence-electron chi connectivity index (χ4n) is 16.9. The third-order valence-electron chi connectivity index (χ3n) is 21.1. The molecule has 6 saturated carbocycles. The third-order valence-corrected chi connectivity index (χ3v) is 22.1. The first-order valence-corrected chi connectivity index (χ1v) is 33.6. The number of aryl methyl sites for hydroxylation is 2. The number of benzene rings is 6. The van der Waals surface area contributed by atoms with Crippen LogP contribution in [0.4, 0.5) is 13.2 Å². The highest BCUT2D eigenvalue weighted by molar-refractivity contribution is 7.88. The van der Waals surface area contributed by atoms with Crippen molar-refractivity contribution in [1.29, 1.82) is 0 Å². The van der Waals surface area contributed by atoms with Crippen molar-refractivity contribution >= 4 is 28.0 Å². The zero-order chi connectivity index (χ0) is 65.0. The smallest absolute Gasteiger partial charge is 0.465 e. The predicted octanol–water partition coefficient (Wildman–Crippen LogP) is 15.9. The van der Waals surface area contributed by atoms with E-state index in [-0.39, 0.29) is 33.9 Å². The SMILES string of the molecule is COC(=O)c1ccc([C@]2(c3ccc(C#Cc4ccccn4)cc3)CC3CC[C@@H]2C3)cc1.COC(=O)c1ccc([C@]2(c3ccc(CCc4ccccn4)cc3)CC3CC[C@@H]2C3)cc1.COC(=O)c1ccc([C@]2(c3ccc(OS(=O)(=O)C(F)(F)F)cc3)CC3CC[C@@H]2C3)cc1. The molecule has 0 amide bonds. The van der Waals surface area contributed by atoms with Gasteiger partial charge in [0, 0.05) is 39.9 Å². The maximum Gasteiger partial charge on any atom is 0.534 e. The monoisotopic (exact) mass is 1270 g/mol. The second kappa shape index (κ2) is 27.0. The molecule has 11 nitrogen and oxygen atoms in total. The van der Waals surface area contributed by atoms with Gasteiger partial charge in [-0.25, -0.2) is 19.4 Å². The van der Waals surface area contributed by atoms with Crippen molar-refractivity contribution in [1.82, 2.24) is 9.97 Å². The van der Waals surface area contributed by atoms with Crippen LogP contribution in [0.15, 0.2) is 194 Å². The zero-order valence-corrected chi connectivity index (χ0v) is 53.3.